The Hall–Kier alpha value is -2.14. The molecule has 0 aliphatic carbocycles. The van der Waals surface area contributed by atoms with Crippen LogP contribution in [0.15, 0.2) is 36.4 Å². The van der Waals surface area contributed by atoms with Gasteiger partial charge in [-0.05, 0) is 18.6 Å². The molecule has 0 unspecified atom stereocenters. The van der Waals surface area contributed by atoms with Gasteiger partial charge in [0.25, 0.3) is 0 Å². The molecule has 1 N–H and O–H groups in total. The molecule has 19 heavy (non-hydrogen) atoms. The van der Waals surface area contributed by atoms with E-state index < -0.39 is 5.97 Å². The van der Waals surface area contributed by atoms with Crippen LogP contribution in [-0.2, 0) is 6.54 Å². The van der Waals surface area contributed by atoms with Gasteiger partial charge in [-0.25, -0.2) is 4.79 Å². The second-order valence-electron chi connectivity index (χ2n) is 4.36. The van der Waals surface area contributed by atoms with Crippen molar-refractivity contribution < 1.29 is 9.90 Å². The van der Waals surface area contributed by atoms with Gasteiger partial charge in [0.1, 0.15) is 9.71 Å². The lowest BCUT2D eigenvalue weighted by Gasteiger charge is -2.02. The van der Waals surface area contributed by atoms with Crippen LogP contribution in [0.5, 0.6) is 0 Å². The zero-order chi connectivity index (χ0) is 13.4. The van der Waals surface area contributed by atoms with Crippen LogP contribution in [0.2, 0.25) is 0 Å². The van der Waals surface area contributed by atoms with E-state index in [1.165, 1.54) is 11.3 Å². The molecule has 0 amide bonds. The standard InChI is InChI=1S/C14H12N2O2S/c1-9-11-7-12(14(17)18)19-13(11)16(15-9)8-10-5-3-2-4-6-10/h2-7H,8H2,1H3,(H,17,18). The van der Waals surface area contributed by atoms with Crippen molar-refractivity contribution in [2.75, 3.05) is 0 Å². The highest BCUT2D eigenvalue weighted by atomic mass is 32.1. The van der Waals surface area contributed by atoms with Crippen LogP contribution >= 0.6 is 11.3 Å². The smallest absolute Gasteiger partial charge is 0.345 e. The Morgan fingerprint density at radius 2 is 2.11 bits per heavy atom. The molecule has 2 aromatic heterocycles. The Kier molecular flexibility index (Phi) is 2.83. The number of aromatic carboxylic acids is 1. The third kappa shape index (κ3) is 2.13. The fourth-order valence-corrected chi connectivity index (χ4v) is 3.08. The van der Waals surface area contributed by atoms with Crippen LogP contribution in [-0.4, -0.2) is 20.9 Å². The summed E-state index contributed by atoms with van der Waals surface area (Å²) in [4.78, 5) is 12.3. The fourth-order valence-electron chi connectivity index (χ4n) is 2.08. The van der Waals surface area contributed by atoms with Gasteiger partial charge < -0.3 is 5.11 Å². The molecule has 0 saturated heterocycles. The highest BCUT2D eigenvalue weighted by molar-refractivity contribution is 7.20. The molecule has 0 aliphatic rings. The normalized spacial score (nSPS) is 11.0. The summed E-state index contributed by atoms with van der Waals surface area (Å²) >= 11 is 1.27. The van der Waals surface area contributed by atoms with Crippen LogP contribution in [0.4, 0.5) is 0 Å². The number of carboxylic acid groups (broad SMARTS) is 1. The number of aryl methyl sites for hydroxylation is 1. The maximum absolute atomic E-state index is 11.0. The highest BCUT2D eigenvalue weighted by Gasteiger charge is 2.15. The van der Waals surface area contributed by atoms with E-state index in [-0.39, 0.29) is 0 Å². The van der Waals surface area contributed by atoms with Crippen molar-refractivity contribution in [2.24, 2.45) is 0 Å². The Labute approximate surface area is 113 Å². The molecule has 0 aliphatic heterocycles. The number of carboxylic acids is 1. The minimum Gasteiger partial charge on any atom is -0.477 e. The van der Waals surface area contributed by atoms with Crippen LogP contribution < -0.4 is 0 Å². The van der Waals surface area contributed by atoms with Crippen molar-refractivity contribution in [3.63, 3.8) is 0 Å². The number of nitrogens with zero attached hydrogens (tertiary/aromatic N) is 2. The molecule has 0 atom stereocenters. The molecular formula is C14H12N2O2S. The number of fused-ring (bicyclic) bond motifs is 1. The van der Waals surface area contributed by atoms with E-state index in [1.807, 2.05) is 41.9 Å². The molecule has 4 nitrogen and oxygen atoms in total. The summed E-state index contributed by atoms with van der Waals surface area (Å²) in [7, 11) is 0. The summed E-state index contributed by atoms with van der Waals surface area (Å²) in [6.07, 6.45) is 0. The number of aromatic nitrogens is 2. The molecule has 3 aromatic rings. The number of rotatable bonds is 3. The van der Waals surface area contributed by atoms with Crippen molar-refractivity contribution in [3.8, 4) is 0 Å². The van der Waals surface area contributed by atoms with Crippen molar-refractivity contribution in [1.82, 2.24) is 9.78 Å². The lowest BCUT2D eigenvalue weighted by atomic mass is 10.2. The van der Waals surface area contributed by atoms with E-state index in [0.717, 1.165) is 21.5 Å². The first-order valence-electron chi connectivity index (χ1n) is 5.89. The van der Waals surface area contributed by atoms with E-state index in [9.17, 15) is 4.79 Å². The summed E-state index contributed by atoms with van der Waals surface area (Å²) in [5.74, 6) is -0.883. The molecule has 0 radical (unpaired) electrons. The molecule has 0 fully saturated rings. The van der Waals surface area contributed by atoms with Gasteiger partial charge in [-0.1, -0.05) is 30.3 Å². The van der Waals surface area contributed by atoms with Gasteiger partial charge in [0.2, 0.25) is 0 Å². The Morgan fingerprint density at radius 1 is 1.37 bits per heavy atom. The number of thiophene rings is 1. The third-order valence-corrected chi connectivity index (χ3v) is 4.13. The highest BCUT2D eigenvalue weighted by Crippen LogP contribution is 2.28. The largest absolute Gasteiger partial charge is 0.477 e. The van der Waals surface area contributed by atoms with Crippen molar-refractivity contribution in [3.05, 3.63) is 52.5 Å². The second kappa shape index (κ2) is 4.51. The van der Waals surface area contributed by atoms with Gasteiger partial charge in [0, 0.05) is 5.39 Å². The molecule has 0 saturated carbocycles. The fraction of sp³-hybridized carbons (Fsp3) is 0.143. The Bertz CT molecular complexity index is 743. The van der Waals surface area contributed by atoms with Crippen molar-refractivity contribution in [1.29, 1.82) is 0 Å². The summed E-state index contributed by atoms with van der Waals surface area (Å²) in [6.45, 7) is 2.56. The maximum atomic E-state index is 11.0. The average molecular weight is 272 g/mol. The maximum Gasteiger partial charge on any atom is 0.345 e. The molecular weight excluding hydrogens is 260 g/mol. The van der Waals surface area contributed by atoms with Gasteiger partial charge in [0.15, 0.2) is 0 Å². The summed E-state index contributed by atoms with van der Waals surface area (Å²) in [5, 5.41) is 14.5. The Balaban J connectivity index is 2.06. The molecule has 1 aromatic carbocycles. The quantitative estimate of drug-likeness (QED) is 0.796. The Morgan fingerprint density at radius 3 is 2.79 bits per heavy atom. The monoisotopic (exact) mass is 272 g/mol. The van der Waals surface area contributed by atoms with E-state index in [2.05, 4.69) is 5.10 Å². The van der Waals surface area contributed by atoms with Crippen molar-refractivity contribution >= 4 is 27.5 Å². The lowest BCUT2D eigenvalue weighted by molar-refractivity contribution is 0.0702. The molecule has 0 bridgehead atoms. The number of hydrogen-bond acceptors (Lipinski definition) is 3. The first-order valence-corrected chi connectivity index (χ1v) is 6.71. The number of hydrogen-bond donors (Lipinski definition) is 1. The first kappa shape index (κ1) is 11.9. The molecule has 96 valence electrons. The summed E-state index contributed by atoms with van der Waals surface area (Å²) < 4.78 is 1.87. The average Bonchev–Trinajstić information content (AvgIpc) is 2.94. The topological polar surface area (TPSA) is 55.1 Å². The zero-order valence-electron chi connectivity index (χ0n) is 10.3. The minimum absolute atomic E-state index is 0.359. The lowest BCUT2D eigenvalue weighted by Crippen LogP contribution is -2.01. The van der Waals surface area contributed by atoms with E-state index in [4.69, 9.17) is 5.11 Å². The second-order valence-corrected chi connectivity index (χ2v) is 5.39. The number of benzene rings is 1. The van der Waals surface area contributed by atoms with Crippen LogP contribution in [0, 0.1) is 6.92 Å². The summed E-state index contributed by atoms with van der Waals surface area (Å²) in [5.41, 5.74) is 2.02. The van der Waals surface area contributed by atoms with Gasteiger partial charge in [0.05, 0.1) is 12.2 Å². The van der Waals surface area contributed by atoms with E-state index >= 15 is 0 Å². The van der Waals surface area contributed by atoms with Gasteiger partial charge >= 0.3 is 5.97 Å². The van der Waals surface area contributed by atoms with Gasteiger partial charge in [-0.2, -0.15) is 5.10 Å². The van der Waals surface area contributed by atoms with Crippen molar-refractivity contribution in [2.45, 2.75) is 13.5 Å². The third-order valence-electron chi connectivity index (χ3n) is 2.99. The van der Waals surface area contributed by atoms with Crippen LogP contribution in [0.25, 0.3) is 10.2 Å². The predicted molar refractivity (Wildman–Crippen MR) is 74.9 cm³/mol. The minimum atomic E-state index is -0.883. The molecule has 5 heteroatoms. The molecule has 3 rings (SSSR count). The number of carbonyl (C=O) groups is 1. The molecule has 0 spiro atoms. The van der Waals surface area contributed by atoms with Crippen LogP contribution in [0.3, 0.4) is 0 Å². The van der Waals surface area contributed by atoms with E-state index in [1.54, 1.807) is 6.07 Å². The van der Waals surface area contributed by atoms with Gasteiger partial charge in [-0.3, -0.25) is 4.68 Å². The SMILES string of the molecule is Cc1nn(Cc2ccccc2)c2sc(C(=O)O)cc12. The van der Waals surface area contributed by atoms with Gasteiger partial charge in [-0.15, -0.1) is 11.3 Å². The summed E-state index contributed by atoms with van der Waals surface area (Å²) in [6, 6.07) is 11.7. The van der Waals surface area contributed by atoms with Crippen LogP contribution in [0.1, 0.15) is 20.9 Å². The zero-order valence-corrected chi connectivity index (χ0v) is 11.1. The predicted octanol–water partition coefficient (Wildman–Crippen LogP) is 3.15. The molecule has 2 heterocycles. The van der Waals surface area contributed by atoms with E-state index in [0.29, 0.717) is 11.4 Å². The first-order chi connectivity index (χ1) is 9.15.